The van der Waals surface area contributed by atoms with Crippen LogP contribution in [0.2, 0.25) is 0 Å². The van der Waals surface area contributed by atoms with E-state index in [4.69, 9.17) is 9.84 Å². The monoisotopic (exact) mass is 259 g/mol. The van der Waals surface area contributed by atoms with Crippen molar-refractivity contribution in [1.29, 1.82) is 0 Å². The van der Waals surface area contributed by atoms with E-state index >= 15 is 0 Å². The number of ether oxygens (including phenoxy) is 1. The highest BCUT2D eigenvalue weighted by Crippen LogP contribution is 2.06. The molecule has 18 heavy (non-hydrogen) atoms. The molecule has 104 valence electrons. The van der Waals surface area contributed by atoms with Crippen LogP contribution in [0.3, 0.4) is 0 Å². The van der Waals surface area contributed by atoms with Crippen LogP contribution in [-0.4, -0.2) is 79.4 Å². The van der Waals surface area contributed by atoms with Gasteiger partial charge in [0.25, 0.3) is 0 Å². The molecule has 0 aromatic rings. The lowest BCUT2D eigenvalue weighted by atomic mass is 10.2. The number of aliphatic carboxylic acids is 1. The Hall–Kier alpha value is -1.34. The minimum atomic E-state index is -1.08. The van der Waals surface area contributed by atoms with Crippen LogP contribution < -0.4 is 5.32 Å². The van der Waals surface area contributed by atoms with Gasteiger partial charge < -0.3 is 25.0 Å². The van der Waals surface area contributed by atoms with Crippen LogP contribution in [0, 0.1) is 0 Å². The Morgan fingerprint density at radius 2 is 2.17 bits per heavy atom. The third kappa shape index (κ3) is 3.85. The number of carboxylic acids is 1. The van der Waals surface area contributed by atoms with E-state index in [2.05, 4.69) is 17.1 Å². The van der Waals surface area contributed by atoms with Crippen molar-refractivity contribution in [2.75, 3.05) is 40.3 Å². The smallest absolute Gasteiger partial charge is 0.334 e. The van der Waals surface area contributed by atoms with E-state index in [1.165, 1.54) is 7.11 Å². The molecule has 7 heteroatoms. The van der Waals surface area contributed by atoms with Gasteiger partial charge in [0.15, 0.2) is 6.10 Å². The lowest BCUT2D eigenvalue weighted by molar-refractivity contribution is -0.148. The van der Waals surface area contributed by atoms with Gasteiger partial charge in [0.1, 0.15) is 0 Å². The molecule has 1 aliphatic heterocycles. The van der Waals surface area contributed by atoms with E-state index in [-0.39, 0.29) is 12.6 Å². The summed E-state index contributed by atoms with van der Waals surface area (Å²) >= 11 is 0. The highest BCUT2D eigenvalue weighted by molar-refractivity contribution is 5.77. The molecule has 2 N–H and O–H groups in total. The van der Waals surface area contributed by atoms with E-state index in [0.29, 0.717) is 19.1 Å². The molecule has 0 saturated carbocycles. The summed E-state index contributed by atoms with van der Waals surface area (Å²) in [7, 11) is 3.33. The van der Waals surface area contributed by atoms with Gasteiger partial charge in [-0.1, -0.05) is 0 Å². The Labute approximate surface area is 107 Å². The number of methoxy groups -OCH3 is 1. The molecule has 0 bridgehead atoms. The quantitative estimate of drug-likeness (QED) is 0.706. The number of carbonyl (C=O) groups excluding carboxylic acids is 1. The van der Waals surface area contributed by atoms with Crippen LogP contribution in [0.25, 0.3) is 0 Å². The average Bonchev–Trinajstić information content (AvgIpc) is 2.32. The van der Waals surface area contributed by atoms with Crippen LogP contribution >= 0.6 is 0 Å². The number of hydrogen-bond donors (Lipinski definition) is 2. The Balaban J connectivity index is 2.39. The summed E-state index contributed by atoms with van der Waals surface area (Å²) in [5.41, 5.74) is 0. The number of likely N-dealkylation sites (N-methyl/N-ethyl adjacent to an activating group) is 1. The maximum atomic E-state index is 11.8. The Bertz CT molecular complexity index is 311. The summed E-state index contributed by atoms with van der Waals surface area (Å²) in [6.45, 7) is 4.14. The highest BCUT2D eigenvalue weighted by atomic mass is 16.5. The van der Waals surface area contributed by atoms with E-state index < -0.39 is 12.1 Å². The first-order valence-corrected chi connectivity index (χ1v) is 5.94. The molecule has 2 atom stereocenters. The van der Waals surface area contributed by atoms with Crippen molar-refractivity contribution in [3.8, 4) is 0 Å². The number of carboxylic acid groups (broad SMARTS) is 1. The van der Waals surface area contributed by atoms with Gasteiger partial charge in [-0.25, -0.2) is 9.59 Å². The fraction of sp³-hybridized carbons (Fsp3) is 0.818. The molecular formula is C11H21N3O4. The number of nitrogens with zero attached hydrogens (tertiary/aromatic N) is 2. The molecule has 0 aromatic carbocycles. The third-order valence-electron chi connectivity index (χ3n) is 3.25. The SMILES string of the molecule is COC(CNC(=O)N1CCN(C)C(C)C1)C(=O)O. The number of amides is 2. The first-order valence-electron chi connectivity index (χ1n) is 5.94. The fourth-order valence-corrected chi connectivity index (χ4v) is 1.80. The van der Waals surface area contributed by atoms with Gasteiger partial charge in [-0.05, 0) is 14.0 Å². The minimum absolute atomic E-state index is 0.0224. The topological polar surface area (TPSA) is 82.1 Å². The molecule has 7 nitrogen and oxygen atoms in total. The van der Waals surface area contributed by atoms with Gasteiger partial charge in [0.05, 0.1) is 6.54 Å². The largest absolute Gasteiger partial charge is 0.479 e. The van der Waals surface area contributed by atoms with Crippen LogP contribution in [0.5, 0.6) is 0 Å². The second kappa shape index (κ2) is 6.55. The highest BCUT2D eigenvalue weighted by Gasteiger charge is 2.25. The number of carbonyl (C=O) groups is 2. The van der Waals surface area contributed by atoms with Crippen molar-refractivity contribution in [1.82, 2.24) is 15.1 Å². The van der Waals surface area contributed by atoms with E-state index in [0.717, 1.165) is 6.54 Å². The van der Waals surface area contributed by atoms with Crippen molar-refractivity contribution in [2.45, 2.75) is 19.1 Å². The molecule has 0 aliphatic carbocycles. The Kier molecular flexibility index (Phi) is 5.36. The zero-order valence-electron chi connectivity index (χ0n) is 11.0. The van der Waals surface area contributed by atoms with E-state index in [1.54, 1.807) is 4.90 Å². The summed E-state index contributed by atoms with van der Waals surface area (Å²) in [5, 5.41) is 11.4. The van der Waals surface area contributed by atoms with Gasteiger partial charge >= 0.3 is 12.0 Å². The Morgan fingerprint density at radius 3 is 2.67 bits per heavy atom. The van der Waals surface area contributed by atoms with Crippen LogP contribution in [0.4, 0.5) is 4.79 Å². The second-order valence-electron chi connectivity index (χ2n) is 4.52. The lowest BCUT2D eigenvalue weighted by Crippen LogP contribution is -2.55. The summed E-state index contributed by atoms with van der Waals surface area (Å²) in [6, 6.07) is 0.0699. The van der Waals surface area contributed by atoms with Gasteiger partial charge in [-0.15, -0.1) is 0 Å². The van der Waals surface area contributed by atoms with Crippen molar-refractivity contribution in [3.05, 3.63) is 0 Å². The predicted octanol–water partition coefficient (Wildman–Crippen LogP) is -0.568. The van der Waals surface area contributed by atoms with E-state index in [1.807, 2.05) is 7.05 Å². The minimum Gasteiger partial charge on any atom is -0.479 e. The fourth-order valence-electron chi connectivity index (χ4n) is 1.80. The number of hydrogen-bond acceptors (Lipinski definition) is 4. The normalized spacial score (nSPS) is 22.6. The second-order valence-corrected chi connectivity index (χ2v) is 4.52. The molecule has 0 radical (unpaired) electrons. The molecule has 2 amide bonds. The third-order valence-corrected chi connectivity index (χ3v) is 3.25. The van der Waals surface area contributed by atoms with Crippen molar-refractivity contribution in [3.63, 3.8) is 0 Å². The molecule has 1 heterocycles. The maximum absolute atomic E-state index is 11.8. The first kappa shape index (κ1) is 14.7. The maximum Gasteiger partial charge on any atom is 0.334 e. The number of rotatable bonds is 4. The summed E-state index contributed by atoms with van der Waals surface area (Å²) in [6.07, 6.45) is -1.00. The predicted molar refractivity (Wildman–Crippen MR) is 65.5 cm³/mol. The summed E-state index contributed by atoms with van der Waals surface area (Å²) in [4.78, 5) is 26.4. The zero-order valence-corrected chi connectivity index (χ0v) is 11.0. The van der Waals surface area contributed by atoms with Gasteiger partial charge in [-0.3, -0.25) is 0 Å². The van der Waals surface area contributed by atoms with Crippen molar-refractivity contribution in [2.24, 2.45) is 0 Å². The molecular weight excluding hydrogens is 238 g/mol. The lowest BCUT2D eigenvalue weighted by Gasteiger charge is -2.37. The van der Waals surface area contributed by atoms with Crippen molar-refractivity contribution < 1.29 is 19.4 Å². The van der Waals surface area contributed by atoms with Crippen LogP contribution in [-0.2, 0) is 9.53 Å². The number of urea groups is 1. The average molecular weight is 259 g/mol. The summed E-state index contributed by atoms with van der Waals surface area (Å²) < 4.78 is 4.75. The van der Waals surface area contributed by atoms with Gasteiger partial charge in [-0.2, -0.15) is 0 Å². The van der Waals surface area contributed by atoms with Gasteiger partial charge in [0.2, 0.25) is 0 Å². The van der Waals surface area contributed by atoms with Crippen LogP contribution in [0.1, 0.15) is 6.92 Å². The summed E-state index contributed by atoms with van der Waals surface area (Å²) in [5.74, 6) is -1.08. The van der Waals surface area contributed by atoms with Crippen LogP contribution in [0.15, 0.2) is 0 Å². The Morgan fingerprint density at radius 1 is 1.50 bits per heavy atom. The van der Waals surface area contributed by atoms with Gasteiger partial charge in [0, 0.05) is 32.8 Å². The molecule has 1 rings (SSSR count). The standard InChI is InChI=1S/C11H21N3O4/c1-8-7-14(5-4-13(8)2)11(17)12-6-9(18-3)10(15)16/h8-9H,4-7H2,1-3H3,(H,12,17)(H,15,16). The molecule has 0 spiro atoms. The number of nitrogens with one attached hydrogen (secondary N) is 1. The molecule has 2 unspecified atom stereocenters. The van der Waals surface area contributed by atoms with Crippen molar-refractivity contribution >= 4 is 12.0 Å². The molecule has 1 aliphatic rings. The molecule has 0 aromatic heterocycles. The molecule has 1 fully saturated rings. The molecule has 1 saturated heterocycles. The van der Waals surface area contributed by atoms with E-state index in [9.17, 15) is 9.59 Å². The number of piperazine rings is 1. The zero-order chi connectivity index (χ0) is 13.7. The first-order chi connectivity index (χ1) is 8.45.